The molecule has 0 unspecified atom stereocenters. The number of hydrogen-bond donors (Lipinski definition) is 0. The molecule has 27 aromatic rings. The quantitative estimate of drug-likeness (QED) is 0.0951. The second kappa shape index (κ2) is 36.0. The van der Waals surface area contributed by atoms with Gasteiger partial charge in [-0.1, -0.05) is 388 Å². The smallest absolute Gasteiger partial charge is 0.164 e. The lowest BCUT2D eigenvalue weighted by Gasteiger charge is -2.10. The number of para-hydroxylation sites is 3. The monoisotopic (exact) mass is 1790 g/mol. The van der Waals surface area contributed by atoms with Gasteiger partial charge >= 0.3 is 0 Å². The Morgan fingerprint density at radius 3 is 0.729 bits per heavy atom. The van der Waals surface area contributed by atoms with Gasteiger partial charge in [0.15, 0.2) is 52.4 Å². The van der Waals surface area contributed by atoms with Crippen molar-refractivity contribution in [2.75, 3.05) is 0 Å². The van der Waals surface area contributed by atoms with Crippen LogP contribution in [-0.2, 0) is 0 Å². The molecule has 0 spiro atoms. The van der Waals surface area contributed by atoms with Crippen LogP contribution in [0.4, 0.5) is 0 Å². The highest BCUT2D eigenvalue weighted by molar-refractivity contribution is 6.26. The number of furan rings is 4. The number of aromatic nitrogens is 9. The van der Waals surface area contributed by atoms with Gasteiger partial charge in [-0.15, -0.1) is 0 Å². The maximum Gasteiger partial charge on any atom is 0.164 e. The number of rotatable bonds is 15. The van der Waals surface area contributed by atoms with Gasteiger partial charge in [-0.3, -0.25) is 0 Å². The van der Waals surface area contributed by atoms with Gasteiger partial charge in [0, 0.05) is 98.5 Å². The Bertz CT molecular complexity index is 9340. The van der Waals surface area contributed by atoms with E-state index in [0.29, 0.717) is 52.4 Å². The van der Waals surface area contributed by atoms with Crippen molar-refractivity contribution in [3.63, 3.8) is 0 Å². The van der Waals surface area contributed by atoms with Crippen LogP contribution in [0.2, 0.25) is 0 Å². The molecule has 0 radical (unpaired) electrons. The molecule has 0 fully saturated rings. The van der Waals surface area contributed by atoms with Crippen molar-refractivity contribution in [2.24, 2.45) is 0 Å². The Morgan fingerprint density at radius 2 is 0.336 bits per heavy atom. The molecule has 13 nitrogen and oxygen atoms in total. The highest BCUT2D eigenvalue weighted by atomic mass is 16.3. The molecule has 656 valence electrons. The third-order valence-corrected chi connectivity index (χ3v) is 25.8. The van der Waals surface area contributed by atoms with E-state index in [1.54, 1.807) is 0 Å². The van der Waals surface area contributed by atoms with E-state index in [9.17, 15) is 0 Å². The van der Waals surface area contributed by atoms with Crippen LogP contribution >= 0.6 is 0 Å². The van der Waals surface area contributed by atoms with Crippen molar-refractivity contribution in [3.8, 4) is 169 Å². The fraction of sp³-hybridized carbons (Fsp3) is 0. The first-order chi connectivity index (χ1) is 69.3. The summed E-state index contributed by atoms with van der Waals surface area (Å²) < 4.78 is 25.1. The topological polar surface area (TPSA) is 169 Å². The predicted octanol–water partition coefficient (Wildman–Crippen LogP) is 33.4. The lowest BCUT2D eigenvalue weighted by Crippen LogP contribution is -2.00. The summed E-state index contributed by atoms with van der Waals surface area (Å²) in [5, 5.41) is 11.1. The van der Waals surface area contributed by atoms with Crippen molar-refractivity contribution in [1.82, 2.24) is 44.9 Å². The Hall–Kier alpha value is -19.1. The average Bonchev–Trinajstić information content (AvgIpc) is 1.57. The maximum atomic E-state index is 6.45. The van der Waals surface area contributed by atoms with Crippen LogP contribution < -0.4 is 0 Å². The molecular weight excluding hydrogens is 1720 g/mol. The SMILES string of the molecule is c1ccc(-c2ccc(-c3nc(-c4ccccc4)nc(-c4cccc(-c5ccc6c(c5)oc5ccc7oc8ccccc8c7c56)c4)n3)cc2)cc1.c1ccc(-c2ccc(-c3nc(-c4ccccc4)nc(-c4cccc(-c5ccc6c(c5)oc5ccccc56)c4)n3)cc2)cc1.c1ccc(-c2ccc(-c3nc(-c4ccccc4)nc(-c4cccc(-c5ccc6c(ccc7c8ccccc8oc67)c5)c4)n3)cc2)cc1. The molecule has 0 bridgehead atoms. The standard InChI is InChI=1S/C45H27N3O2.C43H27N3O.C39H25N3O/c1-3-10-28(11-4-1)29-18-20-31(21-19-29)44-46-43(30-12-5-2-6-13-30)47-45(48-44)34-15-9-14-32(26-34)33-22-23-36-40(27-33)50-39-25-24-38-41(42(36)39)35-16-7-8-17-37(35)49-38;1-3-10-28(11-4-1)29-18-20-31(21-19-29)42-44-41(30-12-5-2-6-13-30)45-43(46-42)35-15-9-14-32(27-35)33-22-24-36-34(26-33)23-25-38-37-16-7-8-17-39(37)47-40(36)38;1-3-10-26(11-4-1)27-18-20-29(21-19-27)38-40-37(28-12-5-2-6-13-28)41-39(42-38)32-15-9-14-30(24-32)31-22-23-34-33-16-7-8-17-35(33)43-36(34)25-31/h1-27H;1-27H;1-25H. The molecule has 0 N–H and O–H groups in total. The molecule has 0 saturated carbocycles. The van der Waals surface area contributed by atoms with Crippen molar-refractivity contribution in [2.45, 2.75) is 0 Å². The van der Waals surface area contributed by atoms with E-state index in [4.69, 9.17) is 62.5 Å². The Labute approximate surface area is 804 Å². The first-order valence-electron chi connectivity index (χ1n) is 46.6. The van der Waals surface area contributed by atoms with E-state index in [1.165, 1.54) is 16.7 Å². The molecule has 0 aliphatic rings. The summed E-state index contributed by atoms with van der Waals surface area (Å²) >= 11 is 0. The predicted molar refractivity (Wildman–Crippen MR) is 568 cm³/mol. The Morgan fingerprint density at radius 1 is 0.114 bits per heavy atom. The summed E-state index contributed by atoms with van der Waals surface area (Å²) in [7, 11) is 0. The molecule has 0 saturated heterocycles. The van der Waals surface area contributed by atoms with Crippen molar-refractivity contribution < 1.29 is 17.7 Å². The summed E-state index contributed by atoms with van der Waals surface area (Å²) in [5.74, 6) is 5.69. The number of hydrogen-bond acceptors (Lipinski definition) is 13. The zero-order valence-electron chi connectivity index (χ0n) is 75.3. The van der Waals surface area contributed by atoms with Crippen LogP contribution in [0.15, 0.2) is 497 Å². The minimum Gasteiger partial charge on any atom is -0.456 e. The van der Waals surface area contributed by atoms with E-state index in [-0.39, 0.29) is 0 Å². The van der Waals surface area contributed by atoms with Gasteiger partial charge in [-0.25, -0.2) is 44.9 Å². The molecule has 7 heterocycles. The van der Waals surface area contributed by atoms with Crippen molar-refractivity contribution in [3.05, 3.63) is 479 Å². The zero-order valence-corrected chi connectivity index (χ0v) is 75.3. The summed E-state index contributed by atoms with van der Waals surface area (Å²) in [6.45, 7) is 0. The molecule has 27 rings (SSSR count). The van der Waals surface area contributed by atoms with Gasteiger partial charge in [-0.2, -0.15) is 0 Å². The van der Waals surface area contributed by atoms with Gasteiger partial charge in [0.25, 0.3) is 0 Å². The summed E-state index contributed by atoms with van der Waals surface area (Å²) in [6, 6.07) is 164. The molecule has 0 aliphatic heterocycles. The second-order valence-electron chi connectivity index (χ2n) is 34.6. The highest BCUT2D eigenvalue weighted by Crippen LogP contribution is 2.44. The maximum absolute atomic E-state index is 6.45. The fourth-order valence-corrected chi connectivity index (χ4v) is 18.7. The summed E-state index contributed by atoms with van der Waals surface area (Å²) in [4.78, 5) is 44.6. The summed E-state index contributed by atoms with van der Waals surface area (Å²) in [5.41, 5.74) is 28.8. The molecule has 20 aromatic carbocycles. The van der Waals surface area contributed by atoms with Crippen LogP contribution in [-0.4, -0.2) is 44.9 Å². The van der Waals surface area contributed by atoms with Crippen molar-refractivity contribution >= 4 is 98.5 Å². The van der Waals surface area contributed by atoms with E-state index in [0.717, 1.165) is 199 Å². The van der Waals surface area contributed by atoms with Gasteiger partial charge in [-0.05, 0) is 163 Å². The molecule has 13 heteroatoms. The third-order valence-electron chi connectivity index (χ3n) is 25.8. The lowest BCUT2D eigenvalue weighted by molar-refractivity contribution is 0.663. The van der Waals surface area contributed by atoms with Gasteiger partial charge in [0.1, 0.15) is 44.7 Å². The Balaban J connectivity index is 0.000000111. The van der Waals surface area contributed by atoms with Crippen molar-refractivity contribution in [1.29, 1.82) is 0 Å². The normalized spacial score (nSPS) is 11.4. The van der Waals surface area contributed by atoms with E-state index < -0.39 is 0 Å². The van der Waals surface area contributed by atoms with Gasteiger partial charge < -0.3 is 17.7 Å². The molecule has 7 aromatic heterocycles. The average molecular weight is 1800 g/mol. The highest BCUT2D eigenvalue weighted by Gasteiger charge is 2.23. The molecule has 0 aliphatic carbocycles. The van der Waals surface area contributed by atoms with Crippen LogP contribution in [0.3, 0.4) is 0 Å². The molecule has 0 atom stereocenters. The van der Waals surface area contributed by atoms with E-state index in [2.05, 4.69) is 303 Å². The van der Waals surface area contributed by atoms with Crippen LogP contribution in [0.1, 0.15) is 0 Å². The number of benzene rings is 20. The minimum atomic E-state index is 0.613. The second-order valence-corrected chi connectivity index (χ2v) is 34.6. The summed E-state index contributed by atoms with van der Waals surface area (Å²) in [6.07, 6.45) is 0. The minimum absolute atomic E-state index is 0.613. The molecular formula is C127H79N9O4. The molecule has 0 amide bonds. The fourth-order valence-electron chi connectivity index (χ4n) is 18.7. The number of fused-ring (bicyclic) bond motifs is 15. The van der Waals surface area contributed by atoms with Crippen LogP contribution in [0.5, 0.6) is 0 Å². The van der Waals surface area contributed by atoms with E-state index >= 15 is 0 Å². The van der Waals surface area contributed by atoms with E-state index in [1.807, 2.05) is 176 Å². The van der Waals surface area contributed by atoms with Gasteiger partial charge in [0.2, 0.25) is 0 Å². The number of nitrogens with zero attached hydrogens (tertiary/aromatic N) is 9. The first-order valence-corrected chi connectivity index (χ1v) is 46.6. The third kappa shape index (κ3) is 16.2. The van der Waals surface area contributed by atoms with Gasteiger partial charge in [0.05, 0.1) is 0 Å². The van der Waals surface area contributed by atoms with Crippen LogP contribution in [0.25, 0.3) is 268 Å². The van der Waals surface area contributed by atoms with Crippen LogP contribution in [0, 0.1) is 0 Å². The zero-order chi connectivity index (χ0) is 92.8. The first kappa shape index (κ1) is 82.8. The molecule has 140 heavy (non-hydrogen) atoms. The Kier molecular flexibility index (Phi) is 21.3. The lowest BCUT2D eigenvalue weighted by atomic mass is 9.98. The largest absolute Gasteiger partial charge is 0.456 e.